The molecule has 2 heteroatoms. The van der Waals surface area contributed by atoms with Gasteiger partial charge in [0.05, 0.1) is 0 Å². The van der Waals surface area contributed by atoms with Gasteiger partial charge in [-0.2, -0.15) is 0 Å². The van der Waals surface area contributed by atoms with Crippen molar-refractivity contribution in [2.24, 2.45) is 11.3 Å². The van der Waals surface area contributed by atoms with Gasteiger partial charge in [0, 0.05) is 0 Å². The summed E-state index contributed by atoms with van der Waals surface area (Å²) in [5.41, 5.74) is 0.190. The molecule has 0 spiro atoms. The Hall–Kier alpha value is -1.05. The average molecular weight is 180 g/mol. The highest BCUT2D eigenvalue weighted by Crippen LogP contribution is 2.39. The maximum Gasteiger partial charge on any atom is 0.317 e. The van der Waals surface area contributed by atoms with Crippen LogP contribution in [0.5, 0.6) is 0 Å². The van der Waals surface area contributed by atoms with E-state index in [0.717, 1.165) is 12.0 Å². The molecule has 0 aromatic heterocycles. The van der Waals surface area contributed by atoms with Crippen molar-refractivity contribution >= 4 is 5.97 Å². The van der Waals surface area contributed by atoms with Gasteiger partial charge in [-0.1, -0.05) is 37.6 Å². The minimum Gasteiger partial charge on any atom is -0.480 e. The van der Waals surface area contributed by atoms with E-state index in [1.807, 2.05) is 39.0 Å². The lowest BCUT2D eigenvalue weighted by molar-refractivity contribution is -0.146. The van der Waals surface area contributed by atoms with Crippen LogP contribution >= 0.6 is 0 Å². The van der Waals surface area contributed by atoms with Crippen LogP contribution in [-0.4, -0.2) is 11.1 Å². The maximum atomic E-state index is 11.2. The second-order valence-electron chi connectivity index (χ2n) is 3.85. The van der Waals surface area contributed by atoms with Gasteiger partial charge in [-0.3, -0.25) is 4.79 Å². The molecule has 0 heterocycles. The zero-order valence-corrected chi connectivity index (χ0v) is 8.37. The molecule has 0 bridgehead atoms. The van der Waals surface area contributed by atoms with Crippen LogP contribution in [0.15, 0.2) is 23.8 Å². The molecular weight excluding hydrogens is 164 g/mol. The van der Waals surface area contributed by atoms with Crippen LogP contribution < -0.4 is 0 Å². The molecule has 0 saturated carbocycles. The Morgan fingerprint density at radius 3 is 2.54 bits per heavy atom. The van der Waals surface area contributed by atoms with Crippen LogP contribution in [0.1, 0.15) is 27.2 Å². The second-order valence-corrected chi connectivity index (χ2v) is 3.85. The molecule has 0 saturated heterocycles. The van der Waals surface area contributed by atoms with Crippen LogP contribution in [0, 0.1) is 11.3 Å². The quantitative estimate of drug-likeness (QED) is 0.663. The molecular formula is C11H16O2. The van der Waals surface area contributed by atoms with Crippen molar-refractivity contribution in [1.82, 2.24) is 0 Å². The Bertz CT molecular complexity index is 274. The SMILES string of the molecule is CC1=CCC=CC1(C(=O)O)C(C)C. The molecule has 72 valence electrons. The predicted molar refractivity (Wildman–Crippen MR) is 52.4 cm³/mol. The highest BCUT2D eigenvalue weighted by atomic mass is 16.4. The number of allylic oxidation sites excluding steroid dienone is 2. The molecule has 1 aliphatic carbocycles. The van der Waals surface area contributed by atoms with Crippen molar-refractivity contribution in [3.8, 4) is 0 Å². The Labute approximate surface area is 79.0 Å². The zero-order chi connectivity index (χ0) is 10.1. The van der Waals surface area contributed by atoms with E-state index >= 15 is 0 Å². The first kappa shape index (κ1) is 10.0. The molecule has 1 unspecified atom stereocenters. The molecule has 0 aliphatic heterocycles. The standard InChI is InChI=1S/C11H16O2/c1-8(2)11(10(12)13)7-5-4-6-9(11)3/h5-8H,4H2,1-3H3,(H,12,13). The summed E-state index contributed by atoms with van der Waals surface area (Å²) in [6.07, 6.45) is 6.61. The zero-order valence-electron chi connectivity index (χ0n) is 8.37. The minimum atomic E-state index is -0.766. The third kappa shape index (κ3) is 1.41. The molecule has 2 nitrogen and oxygen atoms in total. The fourth-order valence-corrected chi connectivity index (χ4v) is 1.93. The van der Waals surface area contributed by atoms with Gasteiger partial charge in [0.25, 0.3) is 0 Å². The van der Waals surface area contributed by atoms with E-state index in [2.05, 4.69) is 0 Å². The van der Waals surface area contributed by atoms with E-state index in [4.69, 9.17) is 0 Å². The average Bonchev–Trinajstić information content (AvgIpc) is 2.04. The number of carboxylic acids is 1. The molecule has 0 aromatic carbocycles. The van der Waals surface area contributed by atoms with E-state index in [0.29, 0.717) is 0 Å². The van der Waals surface area contributed by atoms with E-state index in [9.17, 15) is 9.90 Å². The van der Waals surface area contributed by atoms with Gasteiger partial charge in [-0.05, 0) is 19.3 Å². The molecule has 1 atom stereocenters. The summed E-state index contributed by atoms with van der Waals surface area (Å²) in [6.45, 7) is 5.79. The molecule has 13 heavy (non-hydrogen) atoms. The van der Waals surface area contributed by atoms with Gasteiger partial charge in [-0.15, -0.1) is 0 Å². The van der Waals surface area contributed by atoms with Crippen LogP contribution in [0.3, 0.4) is 0 Å². The molecule has 1 rings (SSSR count). The summed E-state index contributed by atoms with van der Waals surface area (Å²) in [5.74, 6) is -0.648. The monoisotopic (exact) mass is 180 g/mol. The first-order valence-electron chi connectivity index (χ1n) is 4.60. The minimum absolute atomic E-state index is 0.0952. The summed E-state index contributed by atoms with van der Waals surface area (Å²) in [4.78, 5) is 11.2. The van der Waals surface area contributed by atoms with E-state index < -0.39 is 11.4 Å². The van der Waals surface area contributed by atoms with Gasteiger partial charge in [0.1, 0.15) is 5.41 Å². The lowest BCUT2D eigenvalue weighted by atomic mass is 9.69. The van der Waals surface area contributed by atoms with Crippen LogP contribution in [0.25, 0.3) is 0 Å². The van der Waals surface area contributed by atoms with Crippen LogP contribution in [0.2, 0.25) is 0 Å². The summed E-state index contributed by atoms with van der Waals surface area (Å²) < 4.78 is 0. The molecule has 1 N–H and O–H groups in total. The number of rotatable bonds is 2. The predicted octanol–water partition coefficient (Wildman–Crippen LogP) is 2.62. The number of hydrogen-bond donors (Lipinski definition) is 1. The summed E-state index contributed by atoms with van der Waals surface area (Å²) >= 11 is 0. The first-order chi connectivity index (χ1) is 6.01. The largest absolute Gasteiger partial charge is 0.480 e. The van der Waals surface area contributed by atoms with E-state index in [1.165, 1.54) is 0 Å². The normalized spacial score (nSPS) is 27.5. The molecule has 0 radical (unpaired) electrons. The van der Waals surface area contributed by atoms with Gasteiger partial charge >= 0.3 is 5.97 Å². The van der Waals surface area contributed by atoms with Crippen LogP contribution in [-0.2, 0) is 4.79 Å². The highest BCUT2D eigenvalue weighted by Gasteiger charge is 2.41. The fourth-order valence-electron chi connectivity index (χ4n) is 1.93. The summed E-state index contributed by atoms with van der Waals surface area (Å²) in [6, 6.07) is 0. The lowest BCUT2D eigenvalue weighted by Gasteiger charge is -2.33. The van der Waals surface area contributed by atoms with Crippen LogP contribution in [0.4, 0.5) is 0 Å². The Morgan fingerprint density at radius 2 is 2.23 bits per heavy atom. The summed E-state index contributed by atoms with van der Waals surface area (Å²) in [5, 5.41) is 9.24. The topological polar surface area (TPSA) is 37.3 Å². The molecule has 0 fully saturated rings. The van der Waals surface area contributed by atoms with Crippen molar-refractivity contribution in [1.29, 1.82) is 0 Å². The third-order valence-corrected chi connectivity index (χ3v) is 2.86. The first-order valence-corrected chi connectivity index (χ1v) is 4.60. The fraction of sp³-hybridized carbons (Fsp3) is 0.545. The van der Waals surface area contributed by atoms with Crippen molar-refractivity contribution < 1.29 is 9.90 Å². The number of hydrogen-bond acceptors (Lipinski definition) is 1. The van der Waals surface area contributed by atoms with E-state index in [1.54, 1.807) is 0 Å². The van der Waals surface area contributed by atoms with Crippen molar-refractivity contribution in [3.63, 3.8) is 0 Å². The van der Waals surface area contributed by atoms with Gasteiger partial charge in [-0.25, -0.2) is 0 Å². The van der Waals surface area contributed by atoms with Crippen molar-refractivity contribution in [3.05, 3.63) is 23.8 Å². The van der Waals surface area contributed by atoms with Gasteiger partial charge < -0.3 is 5.11 Å². The smallest absolute Gasteiger partial charge is 0.317 e. The summed E-state index contributed by atoms with van der Waals surface area (Å²) in [7, 11) is 0. The molecule has 0 amide bonds. The molecule has 1 aliphatic rings. The highest BCUT2D eigenvalue weighted by molar-refractivity contribution is 5.81. The van der Waals surface area contributed by atoms with Crippen molar-refractivity contribution in [2.75, 3.05) is 0 Å². The lowest BCUT2D eigenvalue weighted by Crippen LogP contribution is -2.36. The Balaban J connectivity index is 3.16. The Kier molecular flexibility index (Phi) is 2.60. The Morgan fingerprint density at radius 1 is 1.62 bits per heavy atom. The second kappa shape index (κ2) is 3.36. The van der Waals surface area contributed by atoms with E-state index in [-0.39, 0.29) is 5.92 Å². The number of aliphatic carboxylic acids is 1. The maximum absolute atomic E-state index is 11.2. The third-order valence-electron chi connectivity index (χ3n) is 2.86. The molecule has 0 aromatic rings. The van der Waals surface area contributed by atoms with Gasteiger partial charge in [0.15, 0.2) is 0 Å². The number of carboxylic acid groups (broad SMARTS) is 1. The van der Waals surface area contributed by atoms with Gasteiger partial charge in [0.2, 0.25) is 0 Å². The van der Waals surface area contributed by atoms with Crippen molar-refractivity contribution in [2.45, 2.75) is 27.2 Å². The number of carbonyl (C=O) groups is 1.